The van der Waals surface area contributed by atoms with E-state index in [1.807, 2.05) is 0 Å². The van der Waals surface area contributed by atoms with Crippen molar-refractivity contribution in [2.75, 3.05) is 32.1 Å². The highest BCUT2D eigenvalue weighted by atomic mass is 19.1. The summed E-state index contributed by atoms with van der Waals surface area (Å²) >= 11 is 0. The second kappa shape index (κ2) is 6.28. The maximum absolute atomic E-state index is 13.1. The summed E-state index contributed by atoms with van der Waals surface area (Å²) in [4.78, 5) is 12.4. The third-order valence-corrected chi connectivity index (χ3v) is 3.58. The average Bonchev–Trinajstić information content (AvgIpc) is 2.38. The predicted octanol–water partition coefficient (Wildman–Crippen LogP) is 1.92. The van der Waals surface area contributed by atoms with Crippen LogP contribution >= 0.6 is 0 Å². The molecule has 2 N–H and O–H groups in total. The summed E-state index contributed by atoms with van der Waals surface area (Å²) in [7, 11) is 1.54. The number of nitrogens with one attached hydrogen (secondary N) is 2. The van der Waals surface area contributed by atoms with Crippen LogP contribution in [0.2, 0.25) is 0 Å². The quantitative estimate of drug-likeness (QED) is 0.888. The number of amides is 1. The Labute approximate surface area is 116 Å². The molecule has 110 valence electrons. The molecule has 6 heteroatoms. The number of carbonyl (C=O) groups excluding carboxylic acids is 1. The number of anilines is 1. The van der Waals surface area contributed by atoms with Crippen LogP contribution in [0.3, 0.4) is 0 Å². The first-order valence-electron chi connectivity index (χ1n) is 6.53. The topological polar surface area (TPSA) is 50.4 Å². The van der Waals surface area contributed by atoms with Crippen LogP contribution in [-0.4, -0.2) is 32.7 Å². The van der Waals surface area contributed by atoms with Crippen LogP contribution in [-0.2, 0) is 9.53 Å². The van der Waals surface area contributed by atoms with E-state index in [1.54, 1.807) is 7.11 Å². The lowest BCUT2D eigenvalue weighted by atomic mass is 9.78. The smallest absolute Gasteiger partial charge is 0.233 e. The third-order valence-electron chi connectivity index (χ3n) is 3.58. The Kier molecular flexibility index (Phi) is 4.67. The number of halogens is 2. The highest BCUT2D eigenvalue weighted by Crippen LogP contribution is 2.31. The van der Waals surface area contributed by atoms with Gasteiger partial charge in [0.2, 0.25) is 5.91 Å². The highest BCUT2D eigenvalue weighted by molar-refractivity contribution is 5.95. The van der Waals surface area contributed by atoms with E-state index < -0.39 is 17.0 Å². The molecule has 0 aromatic heterocycles. The molecule has 1 aliphatic rings. The summed E-state index contributed by atoms with van der Waals surface area (Å²) in [5, 5.41) is 5.77. The van der Waals surface area contributed by atoms with Crippen molar-refractivity contribution in [1.29, 1.82) is 0 Å². The normalized spacial score (nSPS) is 17.8. The molecule has 0 bridgehead atoms. The Morgan fingerprint density at radius 3 is 2.45 bits per heavy atom. The van der Waals surface area contributed by atoms with Crippen molar-refractivity contribution in [2.24, 2.45) is 5.41 Å². The SMILES string of the molecule is COCC1(C(=O)Nc2cc(F)cc(F)c2)CCNCC1. The molecule has 0 radical (unpaired) electrons. The van der Waals surface area contributed by atoms with E-state index in [4.69, 9.17) is 4.74 Å². The molecule has 0 unspecified atom stereocenters. The first-order valence-corrected chi connectivity index (χ1v) is 6.53. The van der Waals surface area contributed by atoms with Gasteiger partial charge in [0.25, 0.3) is 0 Å². The van der Waals surface area contributed by atoms with Crippen molar-refractivity contribution >= 4 is 11.6 Å². The van der Waals surface area contributed by atoms with E-state index >= 15 is 0 Å². The number of carbonyl (C=O) groups is 1. The predicted molar refractivity (Wildman–Crippen MR) is 71.4 cm³/mol. The molecule has 0 aliphatic carbocycles. The van der Waals surface area contributed by atoms with Crippen molar-refractivity contribution in [3.05, 3.63) is 29.8 Å². The van der Waals surface area contributed by atoms with Gasteiger partial charge in [-0.05, 0) is 38.1 Å². The Balaban J connectivity index is 2.15. The second-order valence-corrected chi connectivity index (χ2v) is 5.08. The van der Waals surface area contributed by atoms with Gasteiger partial charge in [-0.2, -0.15) is 0 Å². The molecule has 2 rings (SSSR count). The van der Waals surface area contributed by atoms with Gasteiger partial charge < -0.3 is 15.4 Å². The van der Waals surface area contributed by atoms with Crippen LogP contribution in [0.5, 0.6) is 0 Å². The van der Waals surface area contributed by atoms with Gasteiger partial charge in [0, 0.05) is 18.9 Å². The zero-order valence-corrected chi connectivity index (χ0v) is 11.3. The summed E-state index contributed by atoms with van der Waals surface area (Å²) < 4.78 is 31.4. The number of hydrogen-bond acceptors (Lipinski definition) is 3. The third kappa shape index (κ3) is 3.32. The van der Waals surface area contributed by atoms with Crippen LogP contribution in [0.1, 0.15) is 12.8 Å². The number of hydrogen-bond donors (Lipinski definition) is 2. The first-order chi connectivity index (χ1) is 9.55. The first kappa shape index (κ1) is 14.9. The lowest BCUT2D eigenvalue weighted by Crippen LogP contribution is -2.47. The van der Waals surface area contributed by atoms with E-state index in [0.29, 0.717) is 25.9 Å². The van der Waals surface area contributed by atoms with Crippen molar-refractivity contribution in [1.82, 2.24) is 5.32 Å². The number of benzene rings is 1. The fourth-order valence-corrected chi connectivity index (χ4v) is 2.51. The van der Waals surface area contributed by atoms with Gasteiger partial charge in [-0.1, -0.05) is 0 Å². The van der Waals surface area contributed by atoms with Gasteiger partial charge in [0.15, 0.2) is 0 Å². The highest BCUT2D eigenvalue weighted by Gasteiger charge is 2.39. The fraction of sp³-hybridized carbons (Fsp3) is 0.500. The van der Waals surface area contributed by atoms with Crippen molar-refractivity contribution < 1.29 is 18.3 Å². The van der Waals surface area contributed by atoms with E-state index in [0.717, 1.165) is 18.2 Å². The van der Waals surface area contributed by atoms with E-state index in [2.05, 4.69) is 10.6 Å². The molecule has 1 aromatic carbocycles. The van der Waals surface area contributed by atoms with Gasteiger partial charge in [-0.25, -0.2) is 8.78 Å². The largest absolute Gasteiger partial charge is 0.384 e. The number of piperidine rings is 1. The van der Waals surface area contributed by atoms with E-state index in [1.165, 1.54) is 0 Å². The van der Waals surface area contributed by atoms with Gasteiger partial charge in [0.05, 0.1) is 12.0 Å². The molecule has 1 fully saturated rings. The minimum atomic E-state index is -0.716. The Morgan fingerprint density at radius 1 is 1.30 bits per heavy atom. The molecule has 0 atom stereocenters. The van der Waals surface area contributed by atoms with Gasteiger partial charge >= 0.3 is 0 Å². The second-order valence-electron chi connectivity index (χ2n) is 5.08. The van der Waals surface area contributed by atoms with Gasteiger partial charge in [-0.3, -0.25) is 4.79 Å². The zero-order valence-electron chi connectivity index (χ0n) is 11.3. The summed E-state index contributed by atoms with van der Waals surface area (Å²) in [5.74, 6) is -1.69. The number of rotatable bonds is 4. The van der Waals surface area contributed by atoms with Crippen molar-refractivity contribution in [2.45, 2.75) is 12.8 Å². The van der Waals surface area contributed by atoms with Crippen molar-refractivity contribution in [3.63, 3.8) is 0 Å². The van der Waals surface area contributed by atoms with Crippen molar-refractivity contribution in [3.8, 4) is 0 Å². The van der Waals surface area contributed by atoms with Gasteiger partial charge in [0.1, 0.15) is 11.6 Å². The molecule has 1 saturated heterocycles. The zero-order chi connectivity index (χ0) is 14.6. The number of ether oxygens (including phenoxy) is 1. The summed E-state index contributed by atoms with van der Waals surface area (Å²) in [6.07, 6.45) is 1.26. The van der Waals surface area contributed by atoms with Crippen LogP contribution in [0, 0.1) is 17.0 Å². The fourth-order valence-electron chi connectivity index (χ4n) is 2.51. The van der Waals surface area contributed by atoms with E-state index in [-0.39, 0.29) is 18.2 Å². The molecule has 1 heterocycles. The van der Waals surface area contributed by atoms with Gasteiger partial charge in [-0.15, -0.1) is 0 Å². The molecule has 4 nitrogen and oxygen atoms in total. The molecule has 0 saturated carbocycles. The van der Waals surface area contributed by atoms with Crippen LogP contribution in [0.15, 0.2) is 18.2 Å². The lowest BCUT2D eigenvalue weighted by Gasteiger charge is -2.35. The molecular weight excluding hydrogens is 266 g/mol. The van der Waals surface area contributed by atoms with Crippen LogP contribution in [0.25, 0.3) is 0 Å². The standard InChI is InChI=1S/C14H18F2N2O2/c1-20-9-14(2-4-17-5-3-14)13(19)18-12-7-10(15)6-11(16)8-12/h6-8,17H,2-5,9H2,1H3,(H,18,19). The van der Waals surface area contributed by atoms with E-state index in [9.17, 15) is 13.6 Å². The minimum Gasteiger partial charge on any atom is -0.384 e. The molecule has 20 heavy (non-hydrogen) atoms. The number of methoxy groups -OCH3 is 1. The monoisotopic (exact) mass is 284 g/mol. The summed E-state index contributed by atoms with van der Waals surface area (Å²) in [6, 6.07) is 2.97. The lowest BCUT2D eigenvalue weighted by molar-refractivity contribution is -0.130. The maximum Gasteiger partial charge on any atom is 0.233 e. The Morgan fingerprint density at radius 2 is 1.90 bits per heavy atom. The minimum absolute atomic E-state index is 0.126. The Bertz CT molecular complexity index is 462. The maximum atomic E-state index is 13.1. The molecule has 1 aromatic rings. The summed E-state index contributed by atoms with van der Waals surface area (Å²) in [5.41, 5.74) is -0.524. The molecule has 0 spiro atoms. The molecule has 1 amide bonds. The Hall–Kier alpha value is -1.53. The molecular formula is C14H18F2N2O2. The average molecular weight is 284 g/mol. The van der Waals surface area contributed by atoms with Crippen LogP contribution in [0.4, 0.5) is 14.5 Å². The molecule has 1 aliphatic heterocycles. The van der Waals surface area contributed by atoms with Crippen LogP contribution < -0.4 is 10.6 Å². The summed E-state index contributed by atoms with van der Waals surface area (Å²) in [6.45, 7) is 1.72.